The minimum Gasteiger partial charge on any atom is -0.271 e. The lowest BCUT2D eigenvalue weighted by molar-refractivity contribution is 0.161. The molecule has 3 N–H and O–H groups in total. The maximum atomic E-state index is 5.79. The smallest absolute Gasteiger partial charge is 0.0488 e. The van der Waals surface area contributed by atoms with Crippen molar-refractivity contribution in [2.24, 2.45) is 17.2 Å². The highest BCUT2D eigenvalue weighted by atomic mass is 15.2. The second-order valence-electron chi connectivity index (χ2n) is 6.56. The van der Waals surface area contributed by atoms with Crippen LogP contribution in [0.1, 0.15) is 56.7 Å². The molecule has 1 aromatic carbocycles. The third kappa shape index (κ3) is 3.12. The van der Waals surface area contributed by atoms with E-state index in [4.69, 9.17) is 5.84 Å². The van der Waals surface area contributed by atoms with Crippen molar-refractivity contribution in [1.82, 2.24) is 5.43 Å². The van der Waals surface area contributed by atoms with Crippen LogP contribution in [0.2, 0.25) is 0 Å². The molecule has 1 aliphatic rings. The maximum Gasteiger partial charge on any atom is 0.0488 e. The highest BCUT2D eigenvalue weighted by molar-refractivity contribution is 5.24. The summed E-state index contributed by atoms with van der Waals surface area (Å²) in [6, 6.07) is 9.07. The molecule has 0 bridgehead atoms. The van der Waals surface area contributed by atoms with E-state index in [1.54, 1.807) is 0 Å². The molecule has 0 heterocycles. The van der Waals surface area contributed by atoms with E-state index in [1.165, 1.54) is 36.8 Å². The summed E-state index contributed by atoms with van der Waals surface area (Å²) in [6.45, 7) is 6.87. The highest BCUT2D eigenvalue weighted by Crippen LogP contribution is 2.42. The number of hydrogen-bond donors (Lipinski definition) is 2. The second kappa shape index (κ2) is 5.41. The molecular weight excluding hydrogens is 220 g/mol. The zero-order chi connectivity index (χ0) is 13.2. The van der Waals surface area contributed by atoms with Crippen LogP contribution >= 0.6 is 0 Å². The Kier molecular flexibility index (Phi) is 4.08. The van der Waals surface area contributed by atoms with Crippen molar-refractivity contribution < 1.29 is 0 Å². The van der Waals surface area contributed by atoms with E-state index in [2.05, 4.69) is 50.5 Å². The molecule has 0 amide bonds. The summed E-state index contributed by atoms with van der Waals surface area (Å²) in [5.74, 6) is 6.46. The van der Waals surface area contributed by atoms with Crippen LogP contribution < -0.4 is 11.3 Å². The number of hydrogen-bond acceptors (Lipinski definition) is 2. The molecule has 18 heavy (non-hydrogen) atoms. The first-order valence-corrected chi connectivity index (χ1v) is 7.04. The molecule has 1 saturated carbocycles. The first kappa shape index (κ1) is 13.6. The molecular formula is C16H26N2. The molecule has 2 nitrogen and oxygen atoms in total. The summed E-state index contributed by atoms with van der Waals surface area (Å²) < 4.78 is 0. The quantitative estimate of drug-likeness (QED) is 0.630. The van der Waals surface area contributed by atoms with E-state index in [0.717, 1.165) is 0 Å². The standard InChI is InChI=1S/C16H26N2/c1-12-4-6-13(7-5-12)15(18-17)14-8-10-16(2,3)11-9-14/h4-7,14-15,18H,8-11,17H2,1-3H3. The third-order valence-corrected chi connectivity index (χ3v) is 4.47. The van der Waals surface area contributed by atoms with Crippen molar-refractivity contribution in [2.45, 2.75) is 52.5 Å². The molecule has 2 rings (SSSR count). The molecule has 1 aromatic rings. The van der Waals surface area contributed by atoms with Crippen molar-refractivity contribution in [3.63, 3.8) is 0 Å². The fourth-order valence-electron chi connectivity index (χ4n) is 3.03. The lowest BCUT2D eigenvalue weighted by Gasteiger charge is -2.38. The van der Waals surface area contributed by atoms with Gasteiger partial charge in [0, 0.05) is 6.04 Å². The molecule has 0 spiro atoms. The van der Waals surface area contributed by atoms with Gasteiger partial charge in [-0.25, -0.2) is 0 Å². The number of nitrogens with one attached hydrogen (secondary N) is 1. The molecule has 1 aliphatic carbocycles. The van der Waals surface area contributed by atoms with E-state index in [-0.39, 0.29) is 0 Å². The Morgan fingerprint density at radius 3 is 2.22 bits per heavy atom. The van der Waals surface area contributed by atoms with Gasteiger partial charge < -0.3 is 0 Å². The SMILES string of the molecule is Cc1ccc(C(NN)C2CCC(C)(C)CC2)cc1. The van der Waals surface area contributed by atoms with E-state index in [9.17, 15) is 0 Å². The topological polar surface area (TPSA) is 38.0 Å². The van der Waals surface area contributed by atoms with E-state index in [0.29, 0.717) is 17.4 Å². The average Bonchev–Trinajstić information content (AvgIpc) is 2.34. The first-order valence-electron chi connectivity index (χ1n) is 7.04. The molecule has 0 aliphatic heterocycles. The van der Waals surface area contributed by atoms with Crippen LogP contribution in [0.4, 0.5) is 0 Å². The molecule has 1 unspecified atom stereocenters. The van der Waals surface area contributed by atoms with Crippen LogP contribution in [0.3, 0.4) is 0 Å². The Hall–Kier alpha value is -0.860. The number of nitrogens with two attached hydrogens (primary N) is 1. The normalized spacial score (nSPS) is 21.8. The van der Waals surface area contributed by atoms with Crippen molar-refractivity contribution in [1.29, 1.82) is 0 Å². The van der Waals surface area contributed by atoms with Crippen LogP contribution in [0.25, 0.3) is 0 Å². The van der Waals surface area contributed by atoms with Crippen LogP contribution in [-0.4, -0.2) is 0 Å². The molecule has 1 atom stereocenters. The molecule has 0 saturated heterocycles. The first-order chi connectivity index (χ1) is 8.52. The second-order valence-corrected chi connectivity index (χ2v) is 6.56. The average molecular weight is 246 g/mol. The third-order valence-electron chi connectivity index (χ3n) is 4.47. The Balaban J connectivity index is 2.08. The van der Waals surface area contributed by atoms with Gasteiger partial charge in [0.05, 0.1) is 0 Å². The summed E-state index contributed by atoms with van der Waals surface area (Å²) in [7, 11) is 0. The summed E-state index contributed by atoms with van der Waals surface area (Å²) in [5, 5.41) is 0. The van der Waals surface area contributed by atoms with Crippen molar-refractivity contribution >= 4 is 0 Å². The highest BCUT2D eigenvalue weighted by Gasteiger charge is 2.31. The Labute approximate surface area is 111 Å². The van der Waals surface area contributed by atoms with Gasteiger partial charge in [0.1, 0.15) is 0 Å². The minimum atomic E-state index is 0.307. The lowest BCUT2D eigenvalue weighted by atomic mass is 9.70. The van der Waals surface area contributed by atoms with Gasteiger partial charge in [0.25, 0.3) is 0 Å². The van der Waals surface area contributed by atoms with Gasteiger partial charge in [0.15, 0.2) is 0 Å². The van der Waals surface area contributed by atoms with Gasteiger partial charge in [-0.1, -0.05) is 43.7 Å². The molecule has 0 aromatic heterocycles. The van der Waals surface area contributed by atoms with Gasteiger partial charge in [-0.2, -0.15) is 0 Å². The minimum absolute atomic E-state index is 0.307. The van der Waals surface area contributed by atoms with E-state index < -0.39 is 0 Å². The molecule has 2 heteroatoms. The largest absolute Gasteiger partial charge is 0.271 e. The summed E-state index contributed by atoms with van der Waals surface area (Å²) >= 11 is 0. The predicted molar refractivity (Wildman–Crippen MR) is 77.0 cm³/mol. The van der Waals surface area contributed by atoms with Gasteiger partial charge in [0.2, 0.25) is 0 Å². The monoisotopic (exact) mass is 246 g/mol. The summed E-state index contributed by atoms with van der Waals surface area (Å²) in [6.07, 6.45) is 5.16. The van der Waals surface area contributed by atoms with Gasteiger partial charge in [-0.3, -0.25) is 11.3 Å². The van der Waals surface area contributed by atoms with Crippen LogP contribution in [0.5, 0.6) is 0 Å². The van der Waals surface area contributed by atoms with Crippen molar-refractivity contribution in [2.75, 3.05) is 0 Å². The predicted octanol–water partition coefficient (Wildman–Crippen LogP) is 3.72. The lowest BCUT2D eigenvalue weighted by Crippen LogP contribution is -2.36. The van der Waals surface area contributed by atoms with E-state index in [1.807, 2.05) is 0 Å². The van der Waals surface area contributed by atoms with Crippen molar-refractivity contribution in [3.8, 4) is 0 Å². The Bertz CT molecular complexity index is 371. The number of benzene rings is 1. The number of aryl methyl sites for hydroxylation is 1. The Morgan fingerprint density at radius 1 is 1.17 bits per heavy atom. The zero-order valence-corrected chi connectivity index (χ0v) is 11.9. The number of hydrazine groups is 1. The van der Waals surface area contributed by atoms with Crippen molar-refractivity contribution in [3.05, 3.63) is 35.4 Å². The fraction of sp³-hybridized carbons (Fsp3) is 0.625. The zero-order valence-electron chi connectivity index (χ0n) is 11.9. The van der Waals surface area contributed by atoms with Gasteiger partial charge >= 0.3 is 0 Å². The molecule has 0 radical (unpaired) electrons. The molecule has 100 valence electrons. The maximum absolute atomic E-state index is 5.79. The van der Waals surface area contributed by atoms with Gasteiger partial charge in [-0.05, 0) is 49.5 Å². The Morgan fingerprint density at radius 2 is 1.72 bits per heavy atom. The fourth-order valence-corrected chi connectivity index (χ4v) is 3.03. The van der Waals surface area contributed by atoms with Gasteiger partial charge in [-0.15, -0.1) is 0 Å². The van der Waals surface area contributed by atoms with Crippen LogP contribution in [0.15, 0.2) is 24.3 Å². The summed E-state index contributed by atoms with van der Waals surface area (Å²) in [5.41, 5.74) is 6.18. The molecule has 1 fully saturated rings. The van der Waals surface area contributed by atoms with Crippen LogP contribution in [-0.2, 0) is 0 Å². The van der Waals surface area contributed by atoms with Crippen LogP contribution in [0, 0.1) is 18.3 Å². The number of rotatable bonds is 3. The van der Waals surface area contributed by atoms with E-state index >= 15 is 0 Å². The summed E-state index contributed by atoms with van der Waals surface area (Å²) in [4.78, 5) is 0.